The zero-order valence-electron chi connectivity index (χ0n) is 18.3. The predicted molar refractivity (Wildman–Crippen MR) is 117 cm³/mol. The summed E-state index contributed by atoms with van der Waals surface area (Å²) in [7, 11) is 0. The highest BCUT2D eigenvalue weighted by atomic mass is 16.6. The SMILES string of the molecule is CC(C)CN1CCC[C@@H]1c1cccnc1N(C(=O)OC(C)(C)C)c1ccccc1. The highest BCUT2D eigenvalue weighted by molar-refractivity contribution is 5.96. The molecule has 0 bridgehead atoms. The Bertz CT molecular complexity index is 814. The van der Waals surface area contributed by atoms with Crippen LogP contribution in [0.5, 0.6) is 0 Å². The van der Waals surface area contributed by atoms with Crippen LogP contribution in [0, 0.1) is 5.92 Å². The van der Waals surface area contributed by atoms with E-state index in [-0.39, 0.29) is 6.04 Å². The summed E-state index contributed by atoms with van der Waals surface area (Å²) in [6, 6.07) is 14.0. The van der Waals surface area contributed by atoms with E-state index < -0.39 is 11.7 Å². The molecule has 2 heterocycles. The monoisotopic (exact) mass is 395 g/mol. The van der Waals surface area contributed by atoms with E-state index in [1.807, 2.05) is 57.2 Å². The Morgan fingerprint density at radius 1 is 1.21 bits per heavy atom. The number of pyridine rings is 1. The molecule has 5 nitrogen and oxygen atoms in total. The molecule has 0 saturated carbocycles. The molecule has 1 aliphatic heterocycles. The number of aromatic nitrogens is 1. The highest BCUT2D eigenvalue weighted by Gasteiger charge is 2.33. The number of carbonyl (C=O) groups is 1. The Morgan fingerprint density at radius 3 is 2.59 bits per heavy atom. The van der Waals surface area contributed by atoms with Gasteiger partial charge in [-0.2, -0.15) is 0 Å². The van der Waals surface area contributed by atoms with Crippen molar-refractivity contribution < 1.29 is 9.53 Å². The van der Waals surface area contributed by atoms with Crippen molar-refractivity contribution in [2.75, 3.05) is 18.0 Å². The van der Waals surface area contributed by atoms with Gasteiger partial charge < -0.3 is 4.74 Å². The van der Waals surface area contributed by atoms with Crippen molar-refractivity contribution in [3.63, 3.8) is 0 Å². The lowest BCUT2D eigenvalue weighted by molar-refractivity contribution is 0.0597. The maximum Gasteiger partial charge on any atom is 0.420 e. The largest absolute Gasteiger partial charge is 0.443 e. The van der Waals surface area contributed by atoms with Gasteiger partial charge in [0, 0.05) is 24.3 Å². The van der Waals surface area contributed by atoms with Crippen molar-refractivity contribution in [3.8, 4) is 0 Å². The fourth-order valence-electron chi connectivity index (χ4n) is 3.92. The Hall–Kier alpha value is -2.40. The molecule has 0 N–H and O–H groups in total. The third kappa shape index (κ3) is 5.36. The number of benzene rings is 1. The molecular formula is C24H33N3O2. The third-order valence-corrected chi connectivity index (χ3v) is 4.94. The molecule has 1 atom stereocenters. The van der Waals surface area contributed by atoms with Gasteiger partial charge in [0.1, 0.15) is 11.4 Å². The van der Waals surface area contributed by atoms with Gasteiger partial charge in [0.25, 0.3) is 0 Å². The van der Waals surface area contributed by atoms with Gasteiger partial charge in [-0.25, -0.2) is 14.7 Å². The van der Waals surface area contributed by atoms with E-state index in [0.29, 0.717) is 11.7 Å². The molecule has 1 aliphatic rings. The Kier molecular flexibility index (Phi) is 6.58. The molecule has 1 amide bonds. The fraction of sp³-hybridized carbons (Fsp3) is 0.500. The molecule has 0 radical (unpaired) electrons. The average molecular weight is 396 g/mol. The molecule has 1 saturated heterocycles. The van der Waals surface area contributed by atoms with Crippen molar-refractivity contribution in [1.29, 1.82) is 0 Å². The summed E-state index contributed by atoms with van der Waals surface area (Å²) in [5.74, 6) is 1.25. The number of amides is 1. The maximum absolute atomic E-state index is 13.2. The highest BCUT2D eigenvalue weighted by Crippen LogP contribution is 2.39. The summed E-state index contributed by atoms with van der Waals surface area (Å²) in [5, 5.41) is 0. The minimum Gasteiger partial charge on any atom is -0.443 e. The standard InChI is InChI=1S/C24H33N3O2/c1-18(2)17-26-16-10-14-21(26)20-13-9-15-25-22(20)27(19-11-7-6-8-12-19)23(28)29-24(3,4)5/h6-9,11-13,15,18,21H,10,14,16-17H2,1-5H3/t21-/m1/s1. The number of likely N-dealkylation sites (tertiary alicyclic amines) is 1. The smallest absolute Gasteiger partial charge is 0.420 e. The van der Waals surface area contributed by atoms with E-state index in [2.05, 4.69) is 29.8 Å². The summed E-state index contributed by atoms with van der Waals surface area (Å²) in [6.45, 7) is 12.3. The van der Waals surface area contributed by atoms with Crippen molar-refractivity contribution >= 4 is 17.6 Å². The van der Waals surface area contributed by atoms with Crippen LogP contribution < -0.4 is 4.90 Å². The molecule has 1 fully saturated rings. The predicted octanol–water partition coefficient (Wildman–Crippen LogP) is 5.95. The number of para-hydroxylation sites is 1. The first-order valence-corrected chi connectivity index (χ1v) is 10.5. The van der Waals surface area contributed by atoms with E-state index in [0.717, 1.165) is 37.2 Å². The number of hydrogen-bond donors (Lipinski definition) is 0. The minimum atomic E-state index is -0.587. The van der Waals surface area contributed by atoms with E-state index in [1.165, 1.54) is 0 Å². The van der Waals surface area contributed by atoms with Crippen molar-refractivity contribution in [3.05, 3.63) is 54.2 Å². The molecule has 5 heteroatoms. The van der Waals surface area contributed by atoms with Gasteiger partial charge in [0.05, 0.1) is 5.69 Å². The number of ether oxygens (including phenoxy) is 1. The number of nitrogens with zero attached hydrogens (tertiary/aromatic N) is 3. The van der Waals surface area contributed by atoms with Crippen molar-refractivity contribution in [1.82, 2.24) is 9.88 Å². The van der Waals surface area contributed by atoms with Gasteiger partial charge >= 0.3 is 6.09 Å². The fourth-order valence-corrected chi connectivity index (χ4v) is 3.92. The molecular weight excluding hydrogens is 362 g/mol. The van der Waals surface area contributed by atoms with Crippen LogP contribution in [0.25, 0.3) is 0 Å². The van der Waals surface area contributed by atoms with Gasteiger partial charge in [-0.05, 0) is 64.3 Å². The number of hydrogen-bond acceptors (Lipinski definition) is 4. The number of carbonyl (C=O) groups excluding carboxylic acids is 1. The van der Waals surface area contributed by atoms with Crippen LogP contribution in [0.1, 0.15) is 59.1 Å². The van der Waals surface area contributed by atoms with E-state index in [4.69, 9.17) is 4.74 Å². The first-order chi connectivity index (χ1) is 13.8. The van der Waals surface area contributed by atoms with Crippen molar-refractivity contribution in [2.24, 2.45) is 5.92 Å². The topological polar surface area (TPSA) is 45.7 Å². The van der Waals surface area contributed by atoms with Crippen LogP contribution >= 0.6 is 0 Å². The molecule has 0 spiro atoms. The Balaban J connectivity index is 2.04. The normalized spacial score (nSPS) is 17.5. The minimum absolute atomic E-state index is 0.259. The Morgan fingerprint density at radius 2 is 1.93 bits per heavy atom. The van der Waals surface area contributed by atoms with E-state index in [1.54, 1.807) is 11.1 Å². The molecule has 1 aromatic heterocycles. The second-order valence-electron chi connectivity index (χ2n) is 9.11. The summed E-state index contributed by atoms with van der Waals surface area (Å²) in [4.78, 5) is 22.0. The summed E-state index contributed by atoms with van der Waals surface area (Å²) in [5.41, 5.74) is 1.26. The lowest BCUT2D eigenvalue weighted by atomic mass is 10.0. The van der Waals surface area contributed by atoms with Gasteiger partial charge in [-0.1, -0.05) is 38.1 Å². The van der Waals surface area contributed by atoms with E-state index in [9.17, 15) is 4.79 Å². The van der Waals surface area contributed by atoms with Gasteiger partial charge in [-0.3, -0.25) is 4.90 Å². The van der Waals surface area contributed by atoms with Crippen LogP contribution in [-0.2, 0) is 4.74 Å². The molecule has 29 heavy (non-hydrogen) atoms. The van der Waals surface area contributed by atoms with Crippen LogP contribution in [0.3, 0.4) is 0 Å². The second-order valence-corrected chi connectivity index (χ2v) is 9.11. The third-order valence-electron chi connectivity index (χ3n) is 4.94. The average Bonchev–Trinajstić information content (AvgIpc) is 3.09. The molecule has 0 aliphatic carbocycles. The Labute approximate surface area is 174 Å². The van der Waals surface area contributed by atoms with E-state index >= 15 is 0 Å². The summed E-state index contributed by atoms with van der Waals surface area (Å²) >= 11 is 0. The molecule has 2 aromatic rings. The maximum atomic E-state index is 13.2. The molecule has 156 valence electrons. The van der Waals surface area contributed by atoms with Crippen LogP contribution in [-0.4, -0.2) is 34.7 Å². The van der Waals surface area contributed by atoms with Gasteiger partial charge in [-0.15, -0.1) is 0 Å². The number of rotatable bonds is 5. The first-order valence-electron chi connectivity index (χ1n) is 10.5. The first kappa shape index (κ1) is 21.3. The zero-order valence-corrected chi connectivity index (χ0v) is 18.3. The van der Waals surface area contributed by atoms with Crippen LogP contribution in [0.4, 0.5) is 16.3 Å². The number of anilines is 2. The molecule has 1 aromatic carbocycles. The van der Waals surface area contributed by atoms with Crippen LogP contribution in [0.15, 0.2) is 48.7 Å². The van der Waals surface area contributed by atoms with Gasteiger partial charge in [0.2, 0.25) is 0 Å². The quantitative estimate of drug-likeness (QED) is 0.628. The zero-order chi connectivity index (χ0) is 21.0. The lowest BCUT2D eigenvalue weighted by Gasteiger charge is -2.31. The van der Waals surface area contributed by atoms with Crippen LogP contribution in [0.2, 0.25) is 0 Å². The lowest BCUT2D eigenvalue weighted by Crippen LogP contribution is -2.36. The van der Waals surface area contributed by atoms with Crippen molar-refractivity contribution in [2.45, 2.75) is 59.1 Å². The summed E-state index contributed by atoms with van der Waals surface area (Å²) < 4.78 is 5.75. The molecule has 0 unspecified atom stereocenters. The summed E-state index contributed by atoms with van der Waals surface area (Å²) in [6.07, 6.45) is 3.57. The second kappa shape index (κ2) is 8.95. The van der Waals surface area contributed by atoms with Gasteiger partial charge in [0.15, 0.2) is 0 Å². The molecule has 3 rings (SSSR count).